The molecule has 11 heteroatoms. The number of rotatable bonds is 7. The van der Waals surface area contributed by atoms with Gasteiger partial charge in [0.2, 0.25) is 0 Å². The Labute approximate surface area is 217 Å². The Bertz CT molecular complexity index is 1400. The maximum atomic E-state index is 12.3. The molecule has 5 rings (SSSR count). The molecule has 1 aliphatic heterocycles. The number of nitrogens with zero attached hydrogens (tertiary/aromatic N) is 4. The molecule has 10 nitrogen and oxygen atoms in total. The Kier molecular flexibility index (Phi) is 7.33. The minimum absolute atomic E-state index is 0.260. The summed E-state index contributed by atoms with van der Waals surface area (Å²) in [6.07, 6.45) is 6.35. The summed E-state index contributed by atoms with van der Waals surface area (Å²) in [5.41, 5.74) is 4.05. The highest BCUT2D eigenvalue weighted by atomic mass is 32.1. The number of nitrogens with one attached hydrogen (secondary N) is 3. The van der Waals surface area contributed by atoms with E-state index >= 15 is 0 Å². The van der Waals surface area contributed by atoms with Crippen molar-refractivity contribution in [2.45, 2.75) is 38.8 Å². The third-order valence-corrected chi connectivity index (χ3v) is 7.02. The molecule has 190 valence electrons. The van der Waals surface area contributed by atoms with E-state index < -0.39 is 6.10 Å². The number of urea groups is 1. The first-order valence-electron chi connectivity index (χ1n) is 12.2. The topological polar surface area (TPSA) is 131 Å². The summed E-state index contributed by atoms with van der Waals surface area (Å²) in [6.45, 7) is 4.97. The van der Waals surface area contributed by atoms with Crippen molar-refractivity contribution in [3.63, 3.8) is 0 Å². The highest BCUT2D eigenvalue weighted by molar-refractivity contribution is 7.22. The number of carbonyl (C=O) groups excluding carboxylic acids is 2. The zero-order chi connectivity index (χ0) is 25.8. The molecular formula is C26H27N7O3S. The van der Waals surface area contributed by atoms with Gasteiger partial charge >= 0.3 is 12.0 Å². The van der Waals surface area contributed by atoms with Gasteiger partial charge in [0.05, 0.1) is 15.9 Å². The summed E-state index contributed by atoms with van der Waals surface area (Å²) >= 11 is 1.39. The molecule has 3 N–H and O–H groups in total. The van der Waals surface area contributed by atoms with Crippen LogP contribution in [0.1, 0.15) is 38.6 Å². The van der Waals surface area contributed by atoms with Gasteiger partial charge in [-0.2, -0.15) is 0 Å². The molecular weight excluding hydrogens is 490 g/mol. The van der Waals surface area contributed by atoms with Crippen LogP contribution in [0, 0.1) is 0 Å². The smallest absolute Gasteiger partial charge is 0.323 e. The molecule has 37 heavy (non-hydrogen) atoms. The molecule has 0 aliphatic carbocycles. The zero-order valence-corrected chi connectivity index (χ0v) is 21.3. The number of hydrogen-bond donors (Lipinski definition) is 3. The van der Waals surface area contributed by atoms with Crippen LogP contribution in [0.25, 0.3) is 32.6 Å². The molecule has 0 radical (unpaired) electrons. The molecule has 0 saturated carbocycles. The number of pyridine rings is 1. The third kappa shape index (κ3) is 5.57. The fourth-order valence-corrected chi connectivity index (χ4v) is 5.12. The van der Waals surface area contributed by atoms with Crippen LogP contribution >= 0.6 is 11.3 Å². The molecule has 2 amide bonds. The number of fused-ring (bicyclic) bond motifs is 1. The molecule has 1 aromatic carbocycles. The number of ether oxygens (including phenoxy) is 1. The van der Waals surface area contributed by atoms with E-state index in [0.717, 1.165) is 52.0 Å². The summed E-state index contributed by atoms with van der Waals surface area (Å²) in [6, 6.07) is 9.12. The largest absolute Gasteiger partial charge is 0.453 e. The van der Waals surface area contributed by atoms with Crippen molar-refractivity contribution in [3.05, 3.63) is 54.7 Å². The lowest BCUT2D eigenvalue weighted by Crippen LogP contribution is -2.33. The summed E-state index contributed by atoms with van der Waals surface area (Å²) in [5.74, 6) is 0.159. The molecule has 1 aliphatic rings. The maximum absolute atomic E-state index is 12.3. The quantitative estimate of drug-likeness (QED) is 0.309. The van der Waals surface area contributed by atoms with Crippen LogP contribution in [-0.4, -0.2) is 51.1 Å². The van der Waals surface area contributed by atoms with Crippen molar-refractivity contribution in [2.75, 3.05) is 18.4 Å². The van der Waals surface area contributed by atoms with Crippen LogP contribution in [0.5, 0.6) is 0 Å². The highest BCUT2D eigenvalue weighted by Crippen LogP contribution is 2.38. The first kappa shape index (κ1) is 24.7. The standard InChI is InChI=1S/C26H27N7O3S/c1-3-27-25(35)33-26-32-21-12-16(11-18(22(21)37-26)19-7-4-5-9-28-19)17-13-30-23(31-14-17)15(2)36-24(34)20-8-6-10-29-20/h4-5,7,9,11-15,20,29H,3,6,8,10H2,1-2H3,(H2,27,32,33,35)/t15-,20+/m1/s1. The summed E-state index contributed by atoms with van der Waals surface area (Å²) in [4.78, 5) is 42.5. The van der Waals surface area contributed by atoms with Crippen LogP contribution in [0.2, 0.25) is 0 Å². The van der Waals surface area contributed by atoms with Gasteiger partial charge in [-0.1, -0.05) is 17.4 Å². The lowest BCUT2D eigenvalue weighted by molar-refractivity contribution is -0.151. The number of amides is 2. The lowest BCUT2D eigenvalue weighted by atomic mass is 10.0. The van der Waals surface area contributed by atoms with Crippen molar-refractivity contribution in [1.29, 1.82) is 0 Å². The predicted molar refractivity (Wildman–Crippen MR) is 142 cm³/mol. The normalized spacial score (nSPS) is 15.9. The number of benzene rings is 1. The van der Waals surface area contributed by atoms with Gasteiger partial charge in [0.25, 0.3) is 0 Å². The Morgan fingerprint density at radius 1 is 1.19 bits per heavy atom. The van der Waals surface area contributed by atoms with Crippen molar-refractivity contribution >= 4 is 38.7 Å². The van der Waals surface area contributed by atoms with Crippen molar-refractivity contribution in [3.8, 4) is 22.4 Å². The molecule has 4 heterocycles. The number of thiazole rings is 1. The van der Waals surface area contributed by atoms with Gasteiger partial charge in [0, 0.05) is 36.3 Å². The van der Waals surface area contributed by atoms with E-state index in [2.05, 4.69) is 35.9 Å². The predicted octanol–water partition coefficient (Wildman–Crippen LogP) is 4.31. The average molecular weight is 518 g/mol. The van der Waals surface area contributed by atoms with Crippen molar-refractivity contribution < 1.29 is 14.3 Å². The summed E-state index contributed by atoms with van der Waals surface area (Å²) in [7, 11) is 0. The number of esters is 1. The van der Waals surface area contributed by atoms with Crippen LogP contribution in [-0.2, 0) is 9.53 Å². The minimum Gasteiger partial charge on any atom is -0.453 e. The molecule has 1 fully saturated rings. The number of anilines is 1. The third-order valence-electron chi connectivity index (χ3n) is 6.00. The van der Waals surface area contributed by atoms with Gasteiger partial charge in [-0.15, -0.1) is 0 Å². The van der Waals surface area contributed by atoms with Gasteiger partial charge in [0.15, 0.2) is 17.1 Å². The Balaban J connectivity index is 1.44. The van der Waals surface area contributed by atoms with Crippen LogP contribution in [0.4, 0.5) is 9.93 Å². The van der Waals surface area contributed by atoms with Gasteiger partial charge in [-0.25, -0.2) is 19.7 Å². The van der Waals surface area contributed by atoms with Crippen LogP contribution < -0.4 is 16.0 Å². The van der Waals surface area contributed by atoms with Gasteiger partial charge < -0.3 is 15.4 Å². The highest BCUT2D eigenvalue weighted by Gasteiger charge is 2.26. The molecule has 0 spiro atoms. The van der Waals surface area contributed by atoms with Crippen LogP contribution in [0.3, 0.4) is 0 Å². The number of aromatic nitrogens is 4. The van der Waals surface area contributed by atoms with Crippen molar-refractivity contribution in [2.24, 2.45) is 0 Å². The average Bonchev–Trinajstić information content (AvgIpc) is 3.59. The van der Waals surface area contributed by atoms with Crippen molar-refractivity contribution in [1.82, 2.24) is 30.6 Å². The van der Waals surface area contributed by atoms with E-state index in [0.29, 0.717) is 17.5 Å². The Morgan fingerprint density at radius 3 is 2.73 bits per heavy atom. The molecule has 3 aromatic heterocycles. The summed E-state index contributed by atoms with van der Waals surface area (Å²) < 4.78 is 6.48. The zero-order valence-electron chi connectivity index (χ0n) is 20.5. The molecule has 2 atom stereocenters. The molecule has 0 unspecified atom stereocenters. The number of carbonyl (C=O) groups is 2. The Hall–Kier alpha value is -3.96. The fourth-order valence-electron chi connectivity index (χ4n) is 4.16. The lowest BCUT2D eigenvalue weighted by Gasteiger charge is -2.15. The van der Waals surface area contributed by atoms with Crippen LogP contribution in [0.15, 0.2) is 48.9 Å². The minimum atomic E-state index is -0.558. The van der Waals surface area contributed by atoms with Gasteiger partial charge in [-0.05, 0) is 63.1 Å². The SMILES string of the molecule is CCNC(=O)Nc1nc2cc(-c3cnc([C@@H](C)OC(=O)[C@@H]4CCCN4)nc3)cc(-c3ccccn3)c2s1. The second-order valence-electron chi connectivity index (χ2n) is 8.65. The fraction of sp³-hybridized carbons (Fsp3) is 0.308. The second-order valence-corrected chi connectivity index (χ2v) is 9.65. The number of hydrogen-bond acceptors (Lipinski definition) is 9. The second kappa shape index (κ2) is 11.0. The van der Waals surface area contributed by atoms with E-state index in [1.54, 1.807) is 25.5 Å². The monoisotopic (exact) mass is 517 g/mol. The first-order chi connectivity index (χ1) is 18.0. The van der Waals surface area contributed by atoms with Gasteiger partial charge in [-0.3, -0.25) is 15.1 Å². The van der Waals surface area contributed by atoms with E-state index in [9.17, 15) is 9.59 Å². The molecule has 0 bridgehead atoms. The van der Waals surface area contributed by atoms with Gasteiger partial charge in [0.1, 0.15) is 6.04 Å². The molecule has 1 saturated heterocycles. The van der Waals surface area contributed by atoms with E-state index in [-0.39, 0.29) is 18.0 Å². The Morgan fingerprint density at radius 2 is 2.03 bits per heavy atom. The van der Waals surface area contributed by atoms with E-state index in [1.807, 2.05) is 37.3 Å². The first-order valence-corrected chi connectivity index (χ1v) is 13.0. The van der Waals surface area contributed by atoms with E-state index in [4.69, 9.17) is 4.74 Å². The maximum Gasteiger partial charge on any atom is 0.323 e. The molecule has 4 aromatic rings. The summed E-state index contributed by atoms with van der Waals surface area (Å²) in [5, 5.41) is 9.15. The van der Waals surface area contributed by atoms with E-state index in [1.165, 1.54) is 11.3 Å².